The van der Waals surface area contributed by atoms with Crippen LogP contribution >= 0.6 is 0 Å². The fourth-order valence-electron chi connectivity index (χ4n) is 5.27. The van der Waals surface area contributed by atoms with Crippen molar-refractivity contribution in [3.05, 3.63) is 30.3 Å². The highest BCUT2D eigenvalue weighted by Crippen LogP contribution is 2.41. The summed E-state index contributed by atoms with van der Waals surface area (Å²) in [5, 5.41) is 2.91. The second kappa shape index (κ2) is 8.52. The van der Waals surface area contributed by atoms with Crippen LogP contribution in [0.1, 0.15) is 32.1 Å². The van der Waals surface area contributed by atoms with Crippen LogP contribution in [0.3, 0.4) is 0 Å². The second-order valence-electron chi connectivity index (χ2n) is 8.62. The predicted molar refractivity (Wildman–Crippen MR) is 110 cm³/mol. The van der Waals surface area contributed by atoms with E-state index in [1.165, 1.54) is 12.1 Å². The number of carbonyl (C=O) groups excluding carboxylic acids is 2. The molecule has 2 bridgehead atoms. The lowest BCUT2D eigenvalue weighted by Crippen LogP contribution is -2.52. The highest BCUT2D eigenvalue weighted by atomic mass is 16.2. The van der Waals surface area contributed by atoms with E-state index in [-0.39, 0.29) is 30.3 Å². The normalized spacial score (nSPS) is 30.0. The van der Waals surface area contributed by atoms with Crippen molar-refractivity contribution in [3.63, 3.8) is 0 Å². The Labute approximate surface area is 167 Å². The highest BCUT2D eigenvalue weighted by molar-refractivity contribution is 5.86. The molecule has 1 heterocycles. The van der Waals surface area contributed by atoms with Gasteiger partial charge in [-0.3, -0.25) is 9.59 Å². The molecule has 2 aliphatic carbocycles. The van der Waals surface area contributed by atoms with Gasteiger partial charge >= 0.3 is 0 Å². The Morgan fingerprint density at radius 3 is 2.29 bits per heavy atom. The number of rotatable bonds is 4. The van der Waals surface area contributed by atoms with E-state index in [1.54, 1.807) is 0 Å². The number of hydrogen-bond acceptors (Lipinski definition) is 4. The van der Waals surface area contributed by atoms with Crippen LogP contribution in [-0.2, 0) is 9.59 Å². The molecule has 0 spiro atoms. The number of benzene rings is 1. The first-order valence-electron chi connectivity index (χ1n) is 10.7. The molecule has 2 atom stereocenters. The monoisotopic (exact) mass is 384 g/mol. The molecule has 4 rings (SSSR count). The maximum atomic E-state index is 12.6. The van der Waals surface area contributed by atoms with Crippen molar-refractivity contribution >= 4 is 17.5 Å². The molecule has 3 N–H and O–H groups in total. The quantitative estimate of drug-likeness (QED) is 0.827. The number of fused-ring (bicyclic) bond motifs is 2. The largest absolute Gasteiger partial charge is 0.368 e. The average Bonchev–Trinajstić information content (AvgIpc) is 2.72. The second-order valence-corrected chi connectivity index (χ2v) is 8.62. The number of nitrogens with two attached hydrogens (primary N) is 1. The van der Waals surface area contributed by atoms with Gasteiger partial charge in [0.25, 0.3) is 0 Å². The number of carbonyl (C=O) groups is 2. The summed E-state index contributed by atoms with van der Waals surface area (Å²) < 4.78 is 0. The summed E-state index contributed by atoms with van der Waals surface area (Å²) in [6.45, 7) is 3.17. The van der Waals surface area contributed by atoms with E-state index in [1.807, 2.05) is 23.1 Å². The fraction of sp³-hybridized carbons (Fsp3) is 0.636. The molecule has 6 heteroatoms. The summed E-state index contributed by atoms with van der Waals surface area (Å²) in [5.74, 6) is 1.04. The summed E-state index contributed by atoms with van der Waals surface area (Å²) >= 11 is 0. The van der Waals surface area contributed by atoms with Crippen molar-refractivity contribution in [2.75, 3.05) is 37.6 Å². The number of anilines is 1. The van der Waals surface area contributed by atoms with E-state index in [9.17, 15) is 9.59 Å². The van der Waals surface area contributed by atoms with Crippen LogP contribution in [0.25, 0.3) is 0 Å². The zero-order valence-electron chi connectivity index (χ0n) is 16.6. The van der Waals surface area contributed by atoms with Crippen molar-refractivity contribution in [2.45, 2.75) is 38.1 Å². The fourth-order valence-corrected chi connectivity index (χ4v) is 5.27. The minimum atomic E-state index is 0.0220. The van der Waals surface area contributed by atoms with Gasteiger partial charge < -0.3 is 20.9 Å². The van der Waals surface area contributed by atoms with Crippen LogP contribution in [0.2, 0.25) is 0 Å². The van der Waals surface area contributed by atoms with Crippen molar-refractivity contribution in [3.8, 4) is 0 Å². The molecule has 152 valence electrons. The van der Waals surface area contributed by atoms with E-state index < -0.39 is 0 Å². The van der Waals surface area contributed by atoms with Gasteiger partial charge in [-0.2, -0.15) is 0 Å². The van der Waals surface area contributed by atoms with E-state index >= 15 is 0 Å². The Morgan fingerprint density at radius 2 is 1.64 bits per heavy atom. The lowest BCUT2D eigenvalue weighted by atomic mass is 9.65. The average molecular weight is 385 g/mol. The van der Waals surface area contributed by atoms with Crippen molar-refractivity contribution in [1.29, 1.82) is 0 Å². The van der Waals surface area contributed by atoms with Gasteiger partial charge in [-0.15, -0.1) is 0 Å². The molecule has 6 nitrogen and oxygen atoms in total. The van der Waals surface area contributed by atoms with Crippen LogP contribution in [0.5, 0.6) is 0 Å². The molecule has 0 aromatic heterocycles. The Bertz CT molecular complexity index is 673. The molecule has 1 aliphatic heterocycles. The Morgan fingerprint density at radius 1 is 1.00 bits per heavy atom. The van der Waals surface area contributed by atoms with Gasteiger partial charge in [-0.05, 0) is 49.7 Å². The molecule has 2 saturated carbocycles. The van der Waals surface area contributed by atoms with Crippen LogP contribution in [0.15, 0.2) is 30.3 Å². The van der Waals surface area contributed by atoms with Crippen LogP contribution < -0.4 is 16.0 Å². The predicted octanol–water partition coefficient (Wildman–Crippen LogP) is 1.61. The van der Waals surface area contributed by atoms with Gasteiger partial charge in [0.05, 0.1) is 6.54 Å². The summed E-state index contributed by atoms with van der Waals surface area (Å²) in [6.07, 6.45) is 5.30. The van der Waals surface area contributed by atoms with E-state index in [4.69, 9.17) is 5.73 Å². The molecule has 3 aliphatic rings. The highest BCUT2D eigenvalue weighted by Gasteiger charge is 2.40. The maximum absolute atomic E-state index is 12.6. The summed E-state index contributed by atoms with van der Waals surface area (Å²) in [6, 6.07) is 10.6. The Kier molecular flexibility index (Phi) is 5.85. The molecule has 28 heavy (non-hydrogen) atoms. The van der Waals surface area contributed by atoms with Crippen molar-refractivity contribution < 1.29 is 9.59 Å². The lowest BCUT2D eigenvalue weighted by molar-refractivity contribution is -0.135. The SMILES string of the molecule is NC1C2CCCC1CC(C(=O)NCC(=O)N1CCN(c3ccccc3)CC1)C2. The standard InChI is InChI=1S/C22H32N4O2/c23-21-16-5-4-6-17(21)14-18(13-16)22(28)24-15-20(27)26-11-9-25(10-12-26)19-7-2-1-3-8-19/h1-3,7-8,16-18,21H,4-6,9-15,23H2,(H,24,28). The summed E-state index contributed by atoms with van der Waals surface area (Å²) in [4.78, 5) is 29.3. The van der Waals surface area contributed by atoms with E-state index in [2.05, 4.69) is 22.3 Å². The minimum absolute atomic E-state index is 0.0220. The number of piperazine rings is 1. The van der Waals surface area contributed by atoms with E-state index in [0.717, 1.165) is 38.8 Å². The molecule has 2 unspecified atom stereocenters. The Balaban J connectivity index is 1.22. The third-order valence-electron chi connectivity index (χ3n) is 6.95. The lowest BCUT2D eigenvalue weighted by Gasteiger charge is -2.43. The number of hydrogen-bond donors (Lipinski definition) is 2. The first-order chi connectivity index (χ1) is 13.6. The summed E-state index contributed by atoms with van der Waals surface area (Å²) in [5.41, 5.74) is 7.52. The number of nitrogens with one attached hydrogen (secondary N) is 1. The number of nitrogens with zero attached hydrogens (tertiary/aromatic N) is 2. The van der Waals surface area contributed by atoms with Gasteiger partial charge in [0.15, 0.2) is 0 Å². The van der Waals surface area contributed by atoms with Gasteiger partial charge in [0.2, 0.25) is 11.8 Å². The first-order valence-corrected chi connectivity index (χ1v) is 10.7. The minimum Gasteiger partial charge on any atom is -0.368 e. The third kappa shape index (κ3) is 4.17. The van der Waals surface area contributed by atoms with E-state index in [0.29, 0.717) is 24.9 Å². The first kappa shape index (κ1) is 19.2. The number of amides is 2. The topological polar surface area (TPSA) is 78.7 Å². The number of para-hydroxylation sites is 1. The summed E-state index contributed by atoms with van der Waals surface area (Å²) in [7, 11) is 0. The maximum Gasteiger partial charge on any atom is 0.242 e. The van der Waals surface area contributed by atoms with Gasteiger partial charge in [-0.1, -0.05) is 24.6 Å². The zero-order valence-corrected chi connectivity index (χ0v) is 16.6. The van der Waals surface area contributed by atoms with Gasteiger partial charge in [0.1, 0.15) is 0 Å². The zero-order chi connectivity index (χ0) is 19.5. The molecule has 1 aromatic carbocycles. The molecule has 1 saturated heterocycles. The molecular weight excluding hydrogens is 352 g/mol. The van der Waals surface area contributed by atoms with Crippen molar-refractivity contribution in [1.82, 2.24) is 10.2 Å². The molecule has 3 fully saturated rings. The van der Waals surface area contributed by atoms with Crippen LogP contribution in [-0.4, -0.2) is 55.5 Å². The molecule has 0 radical (unpaired) electrons. The molecule has 2 amide bonds. The van der Waals surface area contributed by atoms with Gasteiger partial charge in [0, 0.05) is 43.8 Å². The smallest absolute Gasteiger partial charge is 0.242 e. The van der Waals surface area contributed by atoms with Crippen molar-refractivity contribution in [2.24, 2.45) is 23.5 Å². The molecule has 1 aromatic rings. The van der Waals surface area contributed by atoms with Gasteiger partial charge in [-0.25, -0.2) is 0 Å². The molecular formula is C22H32N4O2. The van der Waals surface area contributed by atoms with Crippen LogP contribution in [0, 0.1) is 17.8 Å². The third-order valence-corrected chi connectivity index (χ3v) is 6.95. The van der Waals surface area contributed by atoms with Crippen LogP contribution in [0.4, 0.5) is 5.69 Å². The Hall–Kier alpha value is -2.08.